The Morgan fingerprint density at radius 3 is 2.57 bits per heavy atom. The van der Waals surface area contributed by atoms with Crippen molar-refractivity contribution in [2.45, 2.75) is 31.9 Å². The smallest absolute Gasteiger partial charge is 0.321 e. The van der Waals surface area contributed by atoms with Crippen molar-refractivity contribution < 1.29 is 27.1 Å². The van der Waals surface area contributed by atoms with Crippen molar-refractivity contribution >= 4 is 22.5 Å². The number of ether oxygens (including phenoxy) is 1. The van der Waals surface area contributed by atoms with Gasteiger partial charge in [0, 0.05) is 30.1 Å². The average molecular weight is 512 g/mol. The molecular weight excluding hydrogens is 492 g/mol. The standard InChI is InChI=1S/C25H20F4N6O2/c1-14(32-24(36)25(2,28)29)23(15-7-17(26)10-18(27)8-15)37-20-4-5-21-16(9-20)11-31-35(21)19-3-6-22-33-30-13-34(22)12-19/h3-14,23H,1-2H3,(H,32,36)/t14-,23-/m0/s1. The molecule has 190 valence electrons. The molecule has 1 N–H and O–H groups in total. The van der Waals surface area contributed by atoms with Gasteiger partial charge in [-0.25, -0.2) is 13.5 Å². The summed E-state index contributed by atoms with van der Waals surface area (Å²) < 4.78 is 64.4. The van der Waals surface area contributed by atoms with Gasteiger partial charge in [0.15, 0.2) is 5.65 Å². The molecule has 5 rings (SSSR count). The summed E-state index contributed by atoms with van der Waals surface area (Å²) in [6, 6.07) is 10.3. The molecule has 0 aliphatic rings. The molecule has 0 bridgehead atoms. The number of nitrogens with zero attached hydrogens (tertiary/aromatic N) is 5. The van der Waals surface area contributed by atoms with Crippen LogP contribution in [0.1, 0.15) is 25.5 Å². The van der Waals surface area contributed by atoms with Gasteiger partial charge >= 0.3 is 5.92 Å². The first-order valence-corrected chi connectivity index (χ1v) is 11.2. The second-order valence-corrected chi connectivity index (χ2v) is 8.65. The molecule has 0 saturated carbocycles. The summed E-state index contributed by atoms with van der Waals surface area (Å²) in [6.45, 7) is 1.87. The predicted molar refractivity (Wildman–Crippen MR) is 126 cm³/mol. The van der Waals surface area contributed by atoms with Crippen molar-refractivity contribution in [2.75, 3.05) is 0 Å². The number of carbonyl (C=O) groups excluding carboxylic acids is 1. The zero-order chi connectivity index (χ0) is 26.3. The Labute approximate surface area is 207 Å². The lowest BCUT2D eigenvalue weighted by molar-refractivity contribution is -0.144. The maximum absolute atomic E-state index is 14.0. The van der Waals surface area contributed by atoms with Crippen LogP contribution in [0.15, 0.2) is 67.3 Å². The van der Waals surface area contributed by atoms with Gasteiger partial charge in [-0.2, -0.15) is 13.9 Å². The van der Waals surface area contributed by atoms with E-state index < -0.39 is 35.6 Å². The zero-order valence-corrected chi connectivity index (χ0v) is 19.6. The Bertz CT molecular complexity index is 1590. The number of alkyl halides is 2. The molecule has 0 saturated heterocycles. The minimum Gasteiger partial charge on any atom is -0.484 e. The molecule has 0 aliphatic heterocycles. The third-order valence-corrected chi connectivity index (χ3v) is 5.75. The Balaban J connectivity index is 1.47. The summed E-state index contributed by atoms with van der Waals surface area (Å²) >= 11 is 0. The van der Waals surface area contributed by atoms with Crippen LogP contribution < -0.4 is 10.1 Å². The molecule has 12 heteroatoms. The van der Waals surface area contributed by atoms with Crippen molar-refractivity contribution in [3.8, 4) is 11.4 Å². The zero-order valence-electron chi connectivity index (χ0n) is 19.6. The Morgan fingerprint density at radius 2 is 1.84 bits per heavy atom. The van der Waals surface area contributed by atoms with Gasteiger partial charge in [0.2, 0.25) is 0 Å². The number of fused-ring (bicyclic) bond motifs is 2. The van der Waals surface area contributed by atoms with E-state index >= 15 is 0 Å². The SMILES string of the molecule is C[C@H](NC(=O)C(C)(F)F)[C@H](Oc1ccc2c(cnn2-c2ccc3nncn3c2)c1)c1cc(F)cc(F)c1. The van der Waals surface area contributed by atoms with Gasteiger partial charge < -0.3 is 10.1 Å². The molecule has 2 aromatic carbocycles. The lowest BCUT2D eigenvalue weighted by Crippen LogP contribution is -2.46. The van der Waals surface area contributed by atoms with Gasteiger partial charge in [-0.3, -0.25) is 9.20 Å². The van der Waals surface area contributed by atoms with Gasteiger partial charge in [0.05, 0.1) is 23.4 Å². The van der Waals surface area contributed by atoms with E-state index in [1.807, 2.05) is 12.3 Å². The first-order valence-electron chi connectivity index (χ1n) is 11.2. The highest BCUT2D eigenvalue weighted by atomic mass is 19.3. The number of benzene rings is 2. The highest BCUT2D eigenvalue weighted by Gasteiger charge is 2.35. The molecule has 0 aliphatic carbocycles. The minimum atomic E-state index is -3.64. The van der Waals surface area contributed by atoms with E-state index in [1.54, 1.807) is 45.9 Å². The maximum atomic E-state index is 14.0. The monoisotopic (exact) mass is 512 g/mol. The number of aromatic nitrogens is 5. The van der Waals surface area contributed by atoms with Crippen LogP contribution in [0.5, 0.6) is 5.75 Å². The Hall–Kier alpha value is -4.48. The fourth-order valence-corrected chi connectivity index (χ4v) is 3.99. The number of hydrogen-bond donors (Lipinski definition) is 1. The fraction of sp³-hybridized carbons (Fsp3) is 0.200. The molecule has 0 unspecified atom stereocenters. The molecule has 0 fully saturated rings. The van der Waals surface area contributed by atoms with Gasteiger partial charge in [0.1, 0.15) is 29.8 Å². The summed E-state index contributed by atoms with van der Waals surface area (Å²) in [5, 5.41) is 15.1. The number of nitrogens with one attached hydrogen (secondary N) is 1. The second kappa shape index (κ2) is 9.19. The van der Waals surface area contributed by atoms with E-state index in [9.17, 15) is 22.4 Å². The highest BCUT2D eigenvalue weighted by molar-refractivity contribution is 5.83. The van der Waals surface area contributed by atoms with Crippen LogP contribution in [-0.2, 0) is 4.79 Å². The van der Waals surface area contributed by atoms with Crippen molar-refractivity contribution in [2.24, 2.45) is 0 Å². The minimum absolute atomic E-state index is 0.0303. The van der Waals surface area contributed by atoms with Gasteiger partial charge in [-0.15, -0.1) is 10.2 Å². The van der Waals surface area contributed by atoms with Gasteiger partial charge in [0.25, 0.3) is 5.91 Å². The molecule has 1 amide bonds. The third-order valence-electron chi connectivity index (χ3n) is 5.75. The Kier molecular flexibility index (Phi) is 6.02. The van der Waals surface area contributed by atoms with Crippen LogP contribution in [0, 0.1) is 11.6 Å². The number of carbonyl (C=O) groups is 1. The molecule has 3 heterocycles. The fourth-order valence-electron chi connectivity index (χ4n) is 3.99. The molecule has 3 aromatic heterocycles. The first kappa shape index (κ1) is 24.2. The van der Waals surface area contributed by atoms with Crippen LogP contribution in [0.2, 0.25) is 0 Å². The van der Waals surface area contributed by atoms with E-state index in [2.05, 4.69) is 20.6 Å². The van der Waals surface area contributed by atoms with E-state index in [1.165, 1.54) is 6.92 Å². The Morgan fingerprint density at radius 1 is 1.08 bits per heavy atom. The van der Waals surface area contributed by atoms with E-state index in [0.717, 1.165) is 23.3 Å². The molecule has 5 aromatic rings. The van der Waals surface area contributed by atoms with E-state index in [-0.39, 0.29) is 11.3 Å². The lowest BCUT2D eigenvalue weighted by Gasteiger charge is -2.27. The molecule has 0 radical (unpaired) electrons. The second-order valence-electron chi connectivity index (χ2n) is 8.65. The molecular formula is C25H20F4N6O2. The number of hydrogen-bond acceptors (Lipinski definition) is 5. The lowest BCUT2D eigenvalue weighted by atomic mass is 10.0. The highest BCUT2D eigenvalue weighted by Crippen LogP contribution is 2.30. The van der Waals surface area contributed by atoms with E-state index in [0.29, 0.717) is 24.0 Å². The average Bonchev–Trinajstić information content (AvgIpc) is 3.47. The summed E-state index contributed by atoms with van der Waals surface area (Å²) in [5.41, 5.74) is 2.20. The quantitative estimate of drug-likeness (QED) is 0.322. The van der Waals surface area contributed by atoms with Crippen molar-refractivity contribution in [1.82, 2.24) is 29.7 Å². The summed E-state index contributed by atoms with van der Waals surface area (Å²) in [4.78, 5) is 11.9. The third kappa shape index (κ3) is 4.95. The largest absolute Gasteiger partial charge is 0.484 e. The van der Waals surface area contributed by atoms with Crippen molar-refractivity contribution in [3.05, 3.63) is 84.4 Å². The first-order chi connectivity index (χ1) is 17.6. The van der Waals surface area contributed by atoms with Crippen LogP contribution in [0.25, 0.3) is 22.2 Å². The number of rotatable bonds is 7. The van der Waals surface area contributed by atoms with Crippen LogP contribution >= 0.6 is 0 Å². The molecule has 8 nitrogen and oxygen atoms in total. The normalized spacial score (nSPS) is 13.6. The topological polar surface area (TPSA) is 86.3 Å². The summed E-state index contributed by atoms with van der Waals surface area (Å²) in [7, 11) is 0. The van der Waals surface area contributed by atoms with E-state index in [4.69, 9.17) is 4.74 Å². The number of halogens is 4. The van der Waals surface area contributed by atoms with Crippen LogP contribution in [0.4, 0.5) is 17.6 Å². The number of pyridine rings is 1. The van der Waals surface area contributed by atoms with Crippen molar-refractivity contribution in [1.29, 1.82) is 0 Å². The van der Waals surface area contributed by atoms with Gasteiger partial charge in [-0.1, -0.05) is 0 Å². The molecule has 0 spiro atoms. The van der Waals surface area contributed by atoms with Gasteiger partial charge in [-0.05, 0) is 49.4 Å². The summed E-state index contributed by atoms with van der Waals surface area (Å²) in [5.74, 6) is -6.64. The number of amides is 1. The van der Waals surface area contributed by atoms with Crippen molar-refractivity contribution in [3.63, 3.8) is 0 Å². The van der Waals surface area contributed by atoms with Crippen LogP contribution in [0.3, 0.4) is 0 Å². The van der Waals surface area contributed by atoms with Crippen LogP contribution in [-0.4, -0.2) is 42.3 Å². The summed E-state index contributed by atoms with van der Waals surface area (Å²) in [6.07, 6.45) is 3.81. The molecule has 2 atom stereocenters. The maximum Gasteiger partial charge on any atom is 0.321 e. The predicted octanol–water partition coefficient (Wildman–Crippen LogP) is 4.63. The molecule has 37 heavy (non-hydrogen) atoms.